The van der Waals surface area contributed by atoms with Gasteiger partial charge in [-0.2, -0.15) is 0 Å². The highest BCUT2D eigenvalue weighted by Gasteiger charge is 2.38. The lowest BCUT2D eigenvalue weighted by molar-refractivity contribution is 0.254. The summed E-state index contributed by atoms with van der Waals surface area (Å²) in [6.07, 6.45) is 10.6. The molecule has 15 heavy (non-hydrogen) atoms. The van der Waals surface area contributed by atoms with Crippen LogP contribution in [0.15, 0.2) is 0 Å². The van der Waals surface area contributed by atoms with E-state index in [4.69, 9.17) is 6.42 Å². The van der Waals surface area contributed by atoms with E-state index in [9.17, 15) is 0 Å². The van der Waals surface area contributed by atoms with Gasteiger partial charge < -0.3 is 0 Å². The molecule has 0 radical (unpaired) electrons. The number of terminal acetylenes is 1. The van der Waals surface area contributed by atoms with Crippen LogP contribution in [0.2, 0.25) is 0 Å². The van der Waals surface area contributed by atoms with Crippen LogP contribution < -0.4 is 5.32 Å². The van der Waals surface area contributed by atoms with Crippen molar-refractivity contribution in [3.8, 4) is 12.3 Å². The molecule has 0 amide bonds. The summed E-state index contributed by atoms with van der Waals surface area (Å²) in [6, 6.07) is 2.51. The quantitative estimate of drug-likeness (QED) is 0.703. The molecule has 2 fully saturated rings. The zero-order valence-corrected chi connectivity index (χ0v) is 9.87. The highest BCUT2D eigenvalue weighted by Crippen LogP contribution is 2.33. The SMILES string of the molecule is C#CC(CC)NC1CC(C)N(C2CC2)C1. The second-order valence-corrected chi connectivity index (χ2v) is 5.00. The zero-order valence-electron chi connectivity index (χ0n) is 9.87. The Morgan fingerprint density at radius 3 is 2.80 bits per heavy atom. The average Bonchev–Trinajstić information content (AvgIpc) is 3.00. The summed E-state index contributed by atoms with van der Waals surface area (Å²) in [4.78, 5) is 2.65. The smallest absolute Gasteiger partial charge is 0.0686 e. The number of hydrogen-bond acceptors (Lipinski definition) is 2. The van der Waals surface area contributed by atoms with E-state index in [-0.39, 0.29) is 6.04 Å². The van der Waals surface area contributed by atoms with Crippen molar-refractivity contribution < 1.29 is 0 Å². The Bertz CT molecular complexity index is 252. The first-order chi connectivity index (χ1) is 7.24. The van der Waals surface area contributed by atoms with Crippen molar-refractivity contribution in [2.45, 2.75) is 63.7 Å². The molecule has 0 aromatic rings. The third-order valence-electron chi connectivity index (χ3n) is 3.69. The summed E-state index contributed by atoms with van der Waals surface area (Å²) in [6.45, 7) is 5.69. The predicted molar refractivity (Wildman–Crippen MR) is 63.6 cm³/mol. The number of rotatable bonds is 4. The molecule has 2 aliphatic rings. The van der Waals surface area contributed by atoms with Crippen molar-refractivity contribution in [2.24, 2.45) is 0 Å². The van der Waals surface area contributed by atoms with Crippen molar-refractivity contribution in [1.29, 1.82) is 0 Å². The van der Waals surface area contributed by atoms with Crippen LogP contribution in [-0.4, -0.2) is 35.6 Å². The zero-order chi connectivity index (χ0) is 10.8. The van der Waals surface area contributed by atoms with Crippen LogP contribution in [0.4, 0.5) is 0 Å². The van der Waals surface area contributed by atoms with E-state index in [1.165, 1.54) is 25.8 Å². The third-order valence-corrected chi connectivity index (χ3v) is 3.69. The Labute approximate surface area is 93.4 Å². The van der Waals surface area contributed by atoms with Gasteiger partial charge in [-0.1, -0.05) is 12.8 Å². The third kappa shape index (κ3) is 2.53. The maximum Gasteiger partial charge on any atom is 0.0686 e. The van der Waals surface area contributed by atoms with Crippen LogP contribution in [0.1, 0.15) is 39.5 Å². The molecule has 2 heteroatoms. The van der Waals surface area contributed by atoms with Crippen LogP contribution >= 0.6 is 0 Å². The number of hydrogen-bond donors (Lipinski definition) is 1. The van der Waals surface area contributed by atoms with E-state index < -0.39 is 0 Å². The number of likely N-dealkylation sites (tertiary alicyclic amines) is 1. The topological polar surface area (TPSA) is 15.3 Å². The highest BCUT2D eigenvalue weighted by atomic mass is 15.3. The molecule has 1 aliphatic heterocycles. The van der Waals surface area contributed by atoms with E-state index in [0.29, 0.717) is 6.04 Å². The van der Waals surface area contributed by atoms with Crippen LogP contribution in [0, 0.1) is 12.3 Å². The Morgan fingerprint density at radius 2 is 2.27 bits per heavy atom. The molecule has 84 valence electrons. The van der Waals surface area contributed by atoms with Gasteiger partial charge in [0.05, 0.1) is 6.04 Å². The average molecular weight is 206 g/mol. The van der Waals surface area contributed by atoms with Crippen LogP contribution in [0.5, 0.6) is 0 Å². The molecule has 3 unspecified atom stereocenters. The van der Waals surface area contributed by atoms with Crippen molar-refractivity contribution in [3.05, 3.63) is 0 Å². The normalized spacial score (nSPS) is 33.9. The minimum Gasteiger partial charge on any atom is -0.300 e. The molecule has 0 aromatic carbocycles. The van der Waals surface area contributed by atoms with Crippen molar-refractivity contribution in [3.63, 3.8) is 0 Å². The molecule has 2 rings (SSSR count). The summed E-state index contributed by atoms with van der Waals surface area (Å²) in [5.41, 5.74) is 0. The first-order valence-electron chi connectivity index (χ1n) is 6.22. The van der Waals surface area contributed by atoms with Gasteiger partial charge in [-0.25, -0.2) is 0 Å². The van der Waals surface area contributed by atoms with E-state index in [1.54, 1.807) is 0 Å². The van der Waals surface area contributed by atoms with Crippen LogP contribution in [0.3, 0.4) is 0 Å². The monoisotopic (exact) mass is 206 g/mol. The Kier molecular flexibility index (Phi) is 3.33. The molecule has 0 bridgehead atoms. The molecule has 2 nitrogen and oxygen atoms in total. The van der Waals surface area contributed by atoms with Gasteiger partial charge in [0, 0.05) is 24.7 Å². The molecule has 1 aliphatic carbocycles. The maximum atomic E-state index is 5.48. The number of nitrogens with zero attached hydrogens (tertiary/aromatic N) is 1. The largest absolute Gasteiger partial charge is 0.300 e. The van der Waals surface area contributed by atoms with Gasteiger partial charge in [0.25, 0.3) is 0 Å². The van der Waals surface area contributed by atoms with Crippen LogP contribution in [0.25, 0.3) is 0 Å². The molecule has 0 spiro atoms. The van der Waals surface area contributed by atoms with Gasteiger partial charge in [-0.05, 0) is 32.6 Å². The lowest BCUT2D eigenvalue weighted by Gasteiger charge is -2.20. The predicted octanol–water partition coefficient (Wildman–Crippen LogP) is 1.61. The fourth-order valence-corrected chi connectivity index (χ4v) is 2.66. The fraction of sp³-hybridized carbons (Fsp3) is 0.846. The van der Waals surface area contributed by atoms with Crippen molar-refractivity contribution >= 4 is 0 Å². The molecule has 0 aromatic heterocycles. The molecule has 1 heterocycles. The molecule has 1 saturated heterocycles. The lowest BCUT2D eigenvalue weighted by atomic mass is 10.1. The molecule has 1 saturated carbocycles. The van der Waals surface area contributed by atoms with Gasteiger partial charge >= 0.3 is 0 Å². The Balaban J connectivity index is 1.83. The fourth-order valence-electron chi connectivity index (χ4n) is 2.66. The highest BCUT2D eigenvalue weighted by molar-refractivity contribution is 5.02. The first-order valence-corrected chi connectivity index (χ1v) is 6.22. The lowest BCUT2D eigenvalue weighted by Crippen LogP contribution is -2.39. The minimum atomic E-state index is 0.265. The van der Waals surface area contributed by atoms with Gasteiger partial charge in [-0.3, -0.25) is 10.2 Å². The summed E-state index contributed by atoms with van der Waals surface area (Å²) in [5.74, 6) is 2.82. The summed E-state index contributed by atoms with van der Waals surface area (Å²) in [7, 11) is 0. The van der Waals surface area contributed by atoms with Crippen LogP contribution in [-0.2, 0) is 0 Å². The summed E-state index contributed by atoms with van der Waals surface area (Å²) >= 11 is 0. The summed E-state index contributed by atoms with van der Waals surface area (Å²) < 4.78 is 0. The number of nitrogens with one attached hydrogen (secondary N) is 1. The molecule has 1 N–H and O–H groups in total. The Morgan fingerprint density at radius 1 is 1.53 bits per heavy atom. The van der Waals surface area contributed by atoms with Gasteiger partial charge in [0.1, 0.15) is 0 Å². The van der Waals surface area contributed by atoms with Gasteiger partial charge in [0.15, 0.2) is 0 Å². The van der Waals surface area contributed by atoms with E-state index >= 15 is 0 Å². The first kappa shape index (κ1) is 11.0. The van der Waals surface area contributed by atoms with Gasteiger partial charge in [-0.15, -0.1) is 6.42 Å². The maximum absolute atomic E-state index is 5.48. The minimum absolute atomic E-state index is 0.265. The molecular weight excluding hydrogens is 184 g/mol. The molecular formula is C13H22N2. The van der Waals surface area contributed by atoms with Crippen molar-refractivity contribution in [2.75, 3.05) is 6.54 Å². The van der Waals surface area contributed by atoms with Crippen molar-refractivity contribution in [1.82, 2.24) is 10.2 Å². The van der Waals surface area contributed by atoms with E-state index in [0.717, 1.165) is 18.5 Å². The Hall–Kier alpha value is -0.520. The molecule has 3 atom stereocenters. The van der Waals surface area contributed by atoms with E-state index in [2.05, 4.69) is 30.0 Å². The van der Waals surface area contributed by atoms with E-state index in [1.807, 2.05) is 0 Å². The second kappa shape index (κ2) is 4.55. The second-order valence-electron chi connectivity index (χ2n) is 5.00. The van der Waals surface area contributed by atoms with Gasteiger partial charge in [0.2, 0.25) is 0 Å². The summed E-state index contributed by atoms with van der Waals surface area (Å²) in [5, 5.41) is 3.58. The standard InChI is InChI=1S/C13H22N2/c1-4-11(5-2)14-12-8-10(3)15(9-12)13-6-7-13/h1,10-14H,5-9H2,2-3H3.